The molecule has 2 N–H and O–H groups in total. The van der Waals surface area contributed by atoms with Gasteiger partial charge in [-0.3, -0.25) is 4.55 Å². The number of carbonyl (C=O) groups is 1. The zero-order valence-corrected chi connectivity index (χ0v) is 7.27. The summed E-state index contributed by atoms with van der Waals surface area (Å²) < 4.78 is 19.6. The van der Waals surface area contributed by atoms with E-state index in [0.717, 1.165) is 0 Å². The molecule has 0 saturated carbocycles. The van der Waals surface area contributed by atoms with Crippen LogP contribution in [0, 0.1) is 0 Å². The average molecular weight is 201 g/mol. The lowest BCUT2D eigenvalue weighted by Crippen LogP contribution is -2.30. The molecular weight excluding hydrogens is 194 g/mol. The average Bonchev–Trinajstić information content (AvgIpc) is 2.04. The number of benzene rings is 1. The smallest absolute Gasteiger partial charge is 0.425 e. The zero-order valence-electron chi connectivity index (χ0n) is 6.45. The molecule has 0 heterocycles. The molecule has 0 aliphatic rings. The Bertz CT molecular complexity index is 313. The fourth-order valence-electron chi connectivity index (χ4n) is 0.831. The molecule has 1 aromatic rings. The minimum atomic E-state index is -2.55. The van der Waals surface area contributed by atoms with Crippen molar-refractivity contribution in [2.24, 2.45) is 0 Å². The Morgan fingerprint density at radius 3 is 2.23 bits per heavy atom. The first-order valence-electron chi connectivity index (χ1n) is 3.32. The van der Waals surface area contributed by atoms with E-state index >= 15 is 0 Å². The van der Waals surface area contributed by atoms with Gasteiger partial charge < -0.3 is 5.11 Å². The van der Waals surface area contributed by atoms with Crippen molar-refractivity contribution in [3.63, 3.8) is 0 Å². The first-order valence-corrected chi connectivity index (χ1v) is 4.38. The number of carboxylic acid groups (broad SMARTS) is 1. The Balaban J connectivity index is 3.03. The molecule has 1 amide bonds. The van der Waals surface area contributed by atoms with Crippen LogP contribution in [0.15, 0.2) is 30.3 Å². The van der Waals surface area contributed by atoms with Crippen LogP contribution in [-0.2, 0) is 11.3 Å². The molecule has 0 fully saturated rings. The van der Waals surface area contributed by atoms with Gasteiger partial charge in [-0.2, -0.15) is 4.31 Å². The molecule has 0 bridgehead atoms. The molecule has 0 radical (unpaired) electrons. The van der Waals surface area contributed by atoms with Gasteiger partial charge in [-0.1, -0.05) is 18.2 Å². The molecule has 6 heteroatoms. The van der Waals surface area contributed by atoms with Crippen LogP contribution in [0.3, 0.4) is 0 Å². The SMILES string of the molecule is O=C(O)N(c1ccccc1)S(=O)O. The number of nitrogens with zero attached hydrogens (tertiary/aromatic N) is 1. The third-order valence-corrected chi connectivity index (χ3v) is 2.00. The summed E-state index contributed by atoms with van der Waals surface area (Å²) in [4.78, 5) is 10.5. The highest BCUT2D eigenvalue weighted by Gasteiger charge is 2.19. The molecule has 0 aliphatic carbocycles. The molecule has 0 saturated heterocycles. The van der Waals surface area contributed by atoms with E-state index in [2.05, 4.69) is 0 Å². The highest BCUT2D eigenvalue weighted by atomic mass is 32.2. The van der Waals surface area contributed by atoms with Gasteiger partial charge in [0.05, 0.1) is 5.69 Å². The van der Waals surface area contributed by atoms with E-state index in [1.807, 2.05) is 0 Å². The van der Waals surface area contributed by atoms with Crippen LogP contribution in [0.5, 0.6) is 0 Å². The van der Waals surface area contributed by atoms with Crippen molar-refractivity contribution in [3.05, 3.63) is 30.3 Å². The Morgan fingerprint density at radius 2 is 1.85 bits per heavy atom. The zero-order chi connectivity index (χ0) is 9.84. The lowest BCUT2D eigenvalue weighted by Gasteiger charge is -2.12. The maximum absolute atomic E-state index is 10.6. The predicted octanol–water partition coefficient (Wildman–Crippen LogP) is 1.31. The number of rotatable bonds is 2. The van der Waals surface area contributed by atoms with Gasteiger partial charge in [-0.15, -0.1) is 0 Å². The summed E-state index contributed by atoms with van der Waals surface area (Å²) >= 11 is -2.55. The minimum absolute atomic E-state index is 0.163. The third kappa shape index (κ3) is 2.27. The second-order valence-corrected chi connectivity index (χ2v) is 2.97. The van der Waals surface area contributed by atoms with E-state index in [1.54, 1.807) is 18.2 Å². The molecule has 13 heavy (non-hydrogen) atoms. The third-order valence-electron chi connectivity index (χ3n) is 1.32. The molecule has 0 aromatic heterocycles. The number of hydrogen-bond acceptors (Lipinski definition) is 2. The van der Waals surface area contributed by atoms with E-state index in [1.165, 1.54) is 12.1 Å². The van der Waals surface area contributed by atoms with Crippen LogP contribution in [0.1, 0.15) is 0 Å². The molecule has 5 nitrogen and oxygen atoms in total. The molecular formula is C7H7NO4S. The van der Waals surface area contributed by atoms with E-state index in [-0.39, 0.29) is 5.69 Å². The minimum Gasteiger partial charge on any atom is -0.464 e. The largest absolute Gasteiger partial charge is 0.464 e. The number of para-hydroxylation sites is 1. The van der Waals surface area contributed by atoms with Gasteiger partial charge in [0, 0.05) is 0 Å². The summed E-state index contributed by atoms with van der Waals surface area (Å²) in [5.74, 6) is 0. The van der Waals surface area contributed by atoms with Crippen molar-refractivity contribution in [2.75, 3.05) is 4.31 Å². The van der Waals surface area contributed by atoms with Crippen LogP contribution in [0.2, 0.25) is 0 Å². The lowest BCUT2D eigenvalue weighted by molar-refractivity contribution is 0.206. The lowest BCUT2D eigenvalue weighted by atomic mass is 10.3. The van der Waals surface area contributed by atoms with E-state index in [4.69, 9.17) is 9.66 Å². The Morgan fingerprint density at radius 1 is 1.31 bits per heavy atom. The second-order valence-electron chi connectivity index (χ2n) is 2.14. The highest BCUT2D eigenvalue weighted by Crippen LogP contribution is 2.14. The van der Waals surface area contributed by atoms with Crippen molar-refractivity contribution >= 4 is 23.0 Å². The molecule has 0 aliphatic heterocycles. The second kappa shape index (κ2) is 4.01. The van der Waals surface area contributed by atoms with Crippen LogP contribution in [0.25, 0.3) is 0 Å². The summed E-state index contributed by atoms with van der Waals surface area (Å²) in [6.45, 7) is 0. The Hall–Kier alpha value is -1.40. The monoisotopic (exact) mass is 201 g/mol. The van der Waals surface area contributed by atoms with Gasteiger partial charge in [0.25, 0.3) is 11.3 Å². The number of amides is 1. The van der Waals surface area contributed by atoms with Gasteiger partial charge in [0.1, 0.15) is 0 Å². The van der Waals surface area contributed by atoms with E-state index in [0.29, 0.717) is 4.31 Å². The number of hydrogen-bond donors (Lipinski definition) is 2. The van der Waals surface area contributed by atoms with Crippen molar-refractivity contribution in [2.45, 2.75) is 0 Å². The molecule has 0 spiro atoms. The van der Waals surface area contributed by atoms with E-state index in [9.17, 15) is 9.00 Å². The normalized spacial score (nSPS) is 12.1. The Kier molecular flexibility index (Phi) is 2.99. The fourth-order valence-corrected chi connectivity index (χ4v) is 1.27. The van der Waals surface area contributed by atoms with Crippen molar-refractivity contribution in [3.8, 4) is 0 Å². The first kappa shape index (κ1) is 9.69. The van der Waals surface area contributed by atoms with E-state index < -0.39 is 17.4 Å². The first-order chi connectivity index (χ1) is 6.13. The Labute approximate surface area is 77.0 Å². The van der Waals surface area contributed by atoms with Gasteiger partial charge in [0.15, 0.2) is 0 Å². The number of anilines is 1. The molecule has 1 rings (SSSR count). The summed E-state index contributed by atoms with van der Waals surface area (Å²) in [5.41, 5.74) is 0.163. The maximum Gasteiger partial charge on any atom is 0.425 e. The highest BCUT2D eigenvalue weighted by molar-refractivity contribution is 7.81. The quantitative estimate of drug-likeness (QED) is 0.707. The van der Waals surface area contributed by atoms with Crippen LogP contribution in [-0.4, -0.2) is 20.0 Å². The molecule has 1 atom stereocenters. The van der Waals surface area contributed by atoms with Gasteiger partial charge in [-0.05, 0) is 12.1 Å². The van der Waals surface area contributed by atoms with Crippen LogP contribution < -0.4 is 4.31 Å². The van der Waals surface area contributed by atoms with Crippen LogP contribution >= 0.6 is 0 Å². The van der Waals surface area contributed by atoms with Crippen molar-refractivity contribution < 1.29 is 18.7 Å². The molecule has 1 aromatic carbocycles. The fraction of sp³-hybridized carbons (Fsp3) is 0. The van der Waals surface area contributed by atoms with Gasteiger partial charge in [-0.25, -0.2) is 9.00 Å². The van der Waals surface area contributed by atoms with Crippen molar-refractivity contribution in [1.29, 1.82) is 0 Å². The predicted molar refractivity (Wildman–Crippen MR) is 47.7 cm³/mol. The van der Waals surface area contributed by atoms with Gasteiger partial charge >= 0.3 is 6.09 Å². The topological polar surface area (TPSA) is 77.8 Å². The standard InChI is InChI=1S/C7H7NO4S/c9-7(10)8(13(11)12)6-4-2-1-3-5-6/h1-5H,(H,9,10)(H,11,12). The summed E-state index contributed by atoms with van der Waals surface area (Å²) in [7, 11) is 0. The molecule has 70 valence electrons. The summed E-state index contributed by atoms with van der Waals surface area (Å²) in [5, 5.41) is 8.57. The van der Waals surface area contributed by atoms with Crippen LogP contribution in [0.4, 0.5) is 10.5 Å². The summed E-state index contributed by atoms with van der Waals surface area (Å²) in [6.07, 6.45) is -1.47. The summed E-state index contributed by atoms with van der Waals surface area (Å²) in [6, 6.07) is 7.71. The molecule has 1 unspecified atom stereocenters. The van der Waals surface area contributed by atoms with Crippen molar-refractivity contribution in [1.82, 2.24) is 0 Å². The maximum atomic E-state index is 10.6. The van der Waals surface area contributed by atoms with Gasteiger partial charge in [0.2, 0.25) is 0 Å².